The topological polar surface area (TPSA) is 84.1 Å². The number of benzene rings is 3. The Morgan fingerprint density at radius 3 is 2.42 bits per heavy atom. The van der Waals surface area contributed by atoms with Crippen molar-refractivity contribution in [3.05, 3.63) is 78.1 Å². The first-order chi connectivity index (χ1) is 15.6. The molecule has 0 saturated heterocycles. The van der Waals surface area contributed by atoms with Crippen LogP contribution in [0.1, 0.15) is 11.4 Å². The van der Waals surface area contributed by atoms with Gasteiger partial charge in [-0.05, 0) is 54.6 Å². The van der Waals surface area contributed by atoms with Crippen molar-refractivity contribution in [1.82, 2.24) is 14.7 Å². The molecule has 0 aliphatic carbocycles. The first-order valence-electron chi connectivity index (χ1n) is 9.71. The summed E-state index contributed by atoms with van der Waals surface area (Å²) in [7, 11) is -2.28. The lowest BCUT2D eigenvalue weighted by atomic mass is 10.1. The Bertz CT molecular complexity index is 1430. The maximum Gasteiger partial charge on any atom is 0.573 e. The number of rotatable bonds is 6. The van der Waals surface area contributed by atoms with Gasteiger partial charge in [0.1, 0.15) is 11.6 Å². The van der Waals surface area contributed by atoms with E-state index in [-0.39, 0.29) is 10.6 Å². The van der Waals surface area contributed by atoms with Crippen LogP contribution in [0.25, 0.3) is 34.3 Å². The van der Waals surface area contributed by atoms with E-state index in [0.29, 0.717) is 28.0 Å². The number of aromatic amines is 1. The number of alkyl halides is 3. The molecule has 0 aliphatic heterocycles. The molecular weight excluding hydrogens is 455 g/mol. The van der Waals surface area contributed by atoms with Crippen molar-refractivity contribution in [2.24, 2.45) is 0 Å². The highest BCUT2D eigenvalue weighted by molar-refractivity contribution is 7.89. The minimum absolute atomic E-state index is 0.167. The molecular formula is C23H18F3N3O3S. The van der Waals surface area contributed by atoms with E-state index in [1.54, 1.807) is 48.6 Å². The molecule has 0 unspecified atom stereocenters. The smallest absolute Gasteiger partial charge is 0.406 e. The summed E-state index contributed by atoms with van der Waals surface area (Å²) in [6.45, 7) is 0. The lowest BCUT2D eigenvalue weighted by Gasteiger charge is -2.09. The molecule has 0 amide bonds. The van der Waals surface area contributed by atoms with Crippen LogP contribution in [-0.4, -0.2) is 31.8 Å². The molecule has 0 spiro atoms. The molecule has 1 heterocycles. The predicted molar refractivity (Wildman–Crippen MR) is 120 cm³/mol. The Balaban J connectivity index is 1.60. The van der Waals surface area contributed by atoms with Crippen molar-refractivity contribution in [3.63, 3.8) is 0 Å². The van der Waals surface area contributed by atoms with Gasteiger partial charge in [-0.1, -0.05) is 42.5 Å². The third-order valence-electron chi connectivity index (χ3n) is 4.81. The van der Waals surface area contributed by atoms with E-state index in [1.807, 2.05) is 0 Å². The summed E-state index contributed by atoms with van der Waals surface area (Å²) >= 11 is 0. The molecule has 0 atom stereocenters. The molecule has 2 N–H and O–H groups in total. The van der Waals surface area contributed by atoms with Crippen LogP contribution in [0.15, 0.2) is 71.6 Å². The average Bonchev–Trinajstić information content (AvgIpc) is 3.20. The minimum Gasteiger partial charge on any atom is -0.406 e. The van der Waals surface area contributed by atoms with Crippen molar-refractivity contribution in [1.29, 1.82) is 0 Å². The maximum atomic E-state index is 12.4. The minimum atomic E-state index is -4.73. The summed E-state index contributed by atoms with van der Waals surface area (Å²) in [5.41, 5.74) is 3.30. The van der Waals surface area contributed by atoms with Gasteiger partial charge >= 0.3 is 6.36 Å². The van der Waals surface area contributed by atoms with E-state index in [1.165, 1.54) is 37.4 Å². The van der Waals surface area contributed by atoms with Crippen LogP contribution in [0.2, 0.25) is 0 Å². The van der Waals surface area contributed by atoms with E-state index >= 15 is 0 Å². The number of sulfonamides is 1. The molecule has 170 valence electrons. The Morgan fingerprint density at radius 1 is 1.00 bits per heavy atom. The Hall–Kier alpha value is -3.63. The van der Waals surface area contributed by atoms with Crippen LogP contribution in [0, 0.1) is 0 Å². The molecule has 4 aromatic rings. The zero-order valence-corrected chi connectivity index (χ0v) is 18.0. The zero-order valence-electron chi connectivity index (χ0n) is 17.2. The lowest BCUT2D eigenvalue weighted by molar-refractivity contribution is -0.274. The largest absolute Gasteiger partial charge is 0.573 e. The van der Waals surface area contributed by atoms with Crippen LogP contribution in [0.3, 0.4) is 0 Å². The van der Waals surface area contributed by atoms with Gasteiger partial charge in [-0.25, -0.2) is 18.1 Å². The van der Waals surface area contributed by atoms with Gasteiger partial charge in [-0.15, -0.1) is 13.2 Å². The van der Waals surface area contributed by atoms with Crippen molar-refractivity contribution < 1.29 is 26.3 Å². The van der Waals surface area contributed by atoms with Crippen LogP contribution < -0.4 is 9.46 Å². The second kappa shape index (κ2) is 8.72. The molecule has 10 heteroatoms. The number of imidazole rings is 1. The van der Waals surface area contributed by atoms with Crippen molar-refractivity contribution in [3.8, 4) is 16.9 Å². The molecule has 33 heavy (non-hydrogen) atoms. The van der Waals surface area contributed by atoms with Gasteiger partial charge in [0.2, 0.25) is 10.0 Å². The summed E-state index contributed by atoms with van der Waals surface area (Å²) in [6.07, 6.45) is -1.34. The van der Waals surface area contributed by atoms with Gasteiger partial charge in [0.05, 0.1) is 15.9 Å². The number of H-pyrrole nitrogens is 1. The van der Waals surface area contributed by atoms with Crippen LogP contribution in [0.5, 0.6) is 5.75 Å². The summed E-state index contributed by atoms with van der Waals surface area (Å²) in [4.78, 5) is 7.82. The number of hydrogen-bond acceptors (Lipinski definition) is 4. The van der Waals surface area contributed by atoms with Crippen molar-refractivity contribution in [2.75, 3.05) is 7.05 Å². The zero-order chi connectivity index (χ0) is 23.6. The Morgan fingerprint density at radius 2 is 1.73 bits per heavy atom. The number of halogens is 3. The number of hydrogen-bond donors (Lipinski definition) is 2. The van der Waals surface area contributed by atoms with Gasteiger partial charge in [0.15, 0.2) is 0 Å². The highest BCUT2D eigenvalue weighted by atomic mass is 32.2. The fourth-order valence-corrected chi connectivity index (χ4v) is 4.23. The first-order valence-corrected chi connectivity index (χ1v) is 11.2. The van der Waals surface area contributed by atoms with Gasteiger partial charge in [0.25, 0.3) is 0 Å². The Kier molecular flexibility index (Phi) is 5.96. The Labute approximate surface area is 187 Å². The van der Waals surface area contributed by atoms with Gasteiger partial charge in [0, 0.05) is 5.56 Å². The molecule has 0 aliphatic rings. The molecule has 4 rings (SSSR count). The van der Waals surface area contributed by atoms with E-state index in [4.69, 9.17) is 0 Å². The standard InChI is InChI=1S/C23H18F3N3O3S/c1-27-33(30,31)21-5-3-2-4-18(21)16-9-12-19-20(14-16)29-22(28-19)13-8-15-6-10-17(11-7-15)32-23(24,25)26/h2-14,27H,1H3,(H,28,29)/b13-8+. The number of aromatic nitrogens is 2. The van der Waals surface area contributed by atoms with Crippen LogP contribution >= 0.6 is 0 Å². The van der Waals surface area contributed by atoms with Gasteiger partial charge in [-0.3, -0.25) is 0 Å². The summed E-state index contributed by atoms with van der Waals surface area (Å²) in [5.74, 6) is 0.241. The maximum absolute atomic E-state index is 12.4. The summed E-state index contributed by atoms with van der Waals surface area (Å²) < 4.78 is 67.7. The predicted octanol–water partition coefficient (Wildman–Crippen LogP) is 5.21. The van der Waals surface area contributed by atoms with Crippen molar-refractivity contribution in [2.45, 2.75) is 11.3 Å². The van der Waals surface area contributed by atoms with Crippen molar-refractivity contribution >= 4 is 33.2 Å². The lowest BCUT2D eigenvalue weighted by Crippen LogP contribution is -2.19. The number of ether oxygens (including phenoxy) is 1. The molecule has 0 saturated carbocycles. The van der Waals surface area contributed by atoms with Crippen LogP contribution in [-0.2, 0) is 10.0 Å². The van der Waals surface area contributed by atoms with Crippen LogP contribution in [0.4, 0.5) is 13.2 Å². The number of nitrogens with one attached hydrogen (secondary N) is 2. The average molecular weight is 473 g/mol. The highest BCUT2D eigenvalue weighted by Crippen LogP contribution is 2.29. The third kappa shape index (κ3) is 5.24. The SMILES string of the molecule is CNS(=O)(=O)c1ccccc1-c1ccc2[nH]c(/C=C/c3ccc(OC(F)(F)F)cc3)nc2c1. The normalized spacial score (nSPS) is 12.5. The fraction of sp³-hybridized carbons (Fsp3) is 0.0870. The second-order valence-electron chi connectivity index (χ2n) is 7.01. The third-order valence-corrected chi connectivity index (χ3v) is 6.28. The molecule has 3 aromatic carbocycles. The number of fused-ring (bicyclic) bond motifs is 1. The van der Waals surface area contributed by atoms with E-state index in [0.717, 1.165) is 5.52 Å². The second-order valence-corrected chi connectivity index (χ2v) is 8.86. The summed E-state index contributed by atoms with van der Waals surface area (Å²) in [6, 6.07) is 17.5. The van der Waals surface area contributed by atoms with E-state index in [2.05, 4.69) is 19.4 Å². The quantitative estimate of drug-likeness (QED) is 0.403. The van der Waals surface area contributed by atoms with Gasteiger partial charge in [-0.2, -0.15) is 0 Å². The molecule has 0 bridgehead atoms. The fourth-order valence-electron chi connectivity index (χ4n) is 3.28. The monoisotopic (exact) mass is 473 g/mol. The molecule has 1 aromatic heterocycles. The van der Waals surface area contributed by atoms with E-state index in [9.17, 15) is 21.6 Å². The van der Waals surface area contributed by atoms with Gasteiger partial charge < -0.3 is 9.72 Å². The van der Waals surface area contributed by atoms with E-state index < -0.39 is 16.4 Å². The molecule has 6 nitrogen and oxygen atoms in total. The first kappa shape index (κ1) is 22.6. The molecule has 0 radical (unpaired) electrons. The highest BCUT2D eigenvalue weighted by Gasteiger charge is 2.30. The summed E-state index contributed by atoms with van der Waals surface area (Å²) in [5, 5.41) is 0. The number of nitrogens with zero attached hydrogens (tertiary/aromatic N) is 1. The molecule has 0 fully saturated rings.